The smallest absolute Gasteiger partial charge is 0.263 e. The lowest BCUT2D eigenvalue weighted by atomic mass is 9.92. The molecule has 0 aliphatic carbocycles. The molecule has 0 saturated carbocycles. The minimum absolute atomic E-state index is 0.212. The van der Waals surface area contributed by atoms with Gasteiger partial charge in [0.15, 0.2) is 11.6 Å². The summed E-state index contributed by atoms with van der Waals surface area (Å²) in [4.78, 5) is 11.8. The number of piperidine rings is 1. The van der Waals surface area contributed by atoms with Gasteiger partial charge in [0.1, 0.15) is 0 Å². The van der Waals surface area contributed by atoms with E-state index in [0.29, 0.717) is 23.2 Å². The van der Waals surface area contributed by atoms with E-state index in [1.165, 1.54) is 0 Å². The number of nitrogens with zero attached hydrogens (tertiary/aromatic N) is 3. The Hall–Kier alpha value is -2.67. The molecule has 0 bridgehead atoms. The van der Waals surface area contributed by atoms with Crippen LogP contribution in [0.15, 0.2) is 53.4 Å². The quantitative estimate of drug-likeness (QED) is 0.697. The Morgan fingerprint density at radius 2 is 1.52 bits per heavy atom. The molecule has 0 amide bonds. The first-order valence-corrected chi connectivity index (χ1v) is 11.4. The SMILES string of the molecule is Cc1ccc(S(=O)(=O)Nc2nc3ccccc3nc2N2CC(C)CC(C)C2)cc1. The van der Waals surface area contributed by atoms with Crippen LogP contribution in [0.3, 0.4) is 0 Å². The molecule has 4 rings (SSSR count). The summed E-state index contributed by atoms with van der Waals surface area (Å²) in [6.07, 6.45) is 1.15. The van der Waals surface area contributed by atoms with Crippen molar-refractivity contribution in [2.75, 3.05) is 22.7 Å². The van der Waals surface area contributed by atoms with Crippen LogP contribution in [0.4, 0.5) is 11.6 Å². The van der Waals surface area contributed by atoms with E-state index in [9.17, 15) is 8.42 Å². The van der Waals surface area contributed by atoms with Crippen molar-refractivity contribution in [3.05, 3.63) is 54.1 Å². The fraction of sp³-hybridized carbons (Fsp3) is 0.364. The van der Waals surface area contributed by atoms with Crippen LogP contribution in [0.5, 0.6) is 0 Å². The molecule has 3 aromatic rings. The van der Waals surface area contributed by atoms with E-state index in [4.69, 9.17) is 4.98 Å². The first kappa shape index (κ1) is 19.6. The number of aryl methyl sites for hydroxylation is 1. The highest BCUT2D eigenvalue weighted by atomic mass is 32.2. The predicted molar refractivity (Wildman–Crippen MR) is 117 cm³/mol. The van der Waals surface area contributed by atoms with Crippen LogP contribution in [0, 0.1) is 18.8 Å². The van der Waals surface area contributed by atoms with E-state index in [1.807, 2.05) is 31.2 Å². The van der Waals surface area contributed by atoms with Gasteiger partial charge < -0.3 is 4.90 Å². The van der Waals surface area contributed by atoms with Gasteiger partial charge in [-0.05, 0) is 49.4 Å². The van der Waals surface area contributed by atoms with Crippen LogP contribution in [-0.2, 0) is 10.0 Å². The number of hydrogen-bond acceptors (Lipinski definition) is 5. The van der Waals surface area contributed by atoms with Gasteiger partial charge in [0, 0.05) is 13.1 Å². The van der Waals surface area contributed by atoms with Gasteiger partial charge in [-0.3, -0.25) is 4.72 Å². The summed E-state index contributed by atoms with van der Waals surface area (Å²) in [6.45, 7) is 8.02. The van der Waals surface area contributed by atoms with E-state index in [1.54, 1.807) is 24.3 Å². The summed E-state index contributed by atoms with van der Waals surface area (Å²) in [5.41, 5.74) is 2.43. The van der Waals surface area contributed by atoms with Crippen molar-refractivity contribution in [1.29, 1.82) is 0 Å². The average Bonchev–Trinajstić information content (AvgIpc) is 2.66. The van der Waals surface area contributed by atoms with E-state index < -0.39 is 10.0 Å². The fourth-order valence-electron chi connectivity index (χ4n) is 4.02. The molecule has 1 aliphatic heterocycles. The maximum Gasteiger partial charge on any atom is 0.263 e. The van der Waals surface area contributed by atoms with Crippen LogP contribution in [0.2, 0.25) is 0 Å². The standard InChI is InChI=1S/C22H26N4O2S/c1-15-8-10-18(11-9-15)29(27,28)25-21-22(26-13-16(2)12-17(3)14-26)24-20-7-5-4-6-19(20)23-21/h4-11,16-17H,12-14H2,1-3H3,(H,23,25). The summed E-state index contributed by atoms with van der Waals surface area (Å²) in [7, 11) is -3.77. The lowest BCUT2D eigenvalue weighted by Gasteiger charge is -2.36. The molecule has 2 aromatic carbocycles. The molecule has 2 heterocycles. The summed E-state index contributed by atoms with van der Waals surface area (Å²) >= 11 is 0. The fourth-order valence-corrected chi connectivity index (χ4v) is 5.02. The van der Waals surface area contributed by atoms with Crippen LogP contribution in [-0.4, -0.2) is 31.5 Å². The van der Waals surface area contributed by atoms with Gasteiger partial charge in [-0.2, -0.15) is 0 Å². The Morgan fingerprint density at radius 3 is 2.14 bits per heavy atom. The van der Waals surface area contributed by atoms with Gasteiger partial charge in [0.25, 0.3) is 10.0 Å². The van der Waals surface area contributed by atoms with E-state index in [2.05, 4.69) is 28.5 Å². The van der Waals surface area contributed by atoms with Crippen molar-refractivity contribution in [2.45, 2.75) is 32.1 Å². The molecule has 152 valence electrons. The monoisotopic (exact) mass is 410 g/mol. The number of para-hydroxylation sites is 2. The third-order valence-corrected chi connectivity index (χ3v) is 6.64. The topological polar surface area (TPSA) is 75.2 Å². The molecule has 1 saturated heterocycles. The molecule has 2 atom stereocenters. The molecule has 0 radical (unpaired) electrons. The Balaban J connectivity index is 1.78. The van der Waals surface area contributed by atoms with Crippen LogP contribution in [0.1, 0.15) is 25.8 Å². The van der Waals surface area contributed by atoms with Gasteiger partial charge in [0.2, 0.25) is 0 Å². The van der Waals surface area contributed by atoms with Gasteiger partial charge >= 0.3 is 0 Å². The molecule has 1 aromatic heterocycles. The number of benzene rings is 2. The number of rotatable bonds is 4. The number of aromatic nitrogens is 2. The molecular formula is C22H26N4O2S. The van der Waals surface area contributed by atoms with Crippen LogP contribution in [0.25, 0.3) is 11.0 Å². The Morgan fingerprint density at radius 1 is 0.931 bits per heavy atom. The van der Waals surface area contributed by atoms with Gasteiger partial charge in [-0.15, -0.1) is 0 Å². The maximum atomic E-state index is 13.0. The van der Waals surface area contributed by atoms with Crippen molar-refractivity contribution in [3.8, 4) is 0 Å². The van der Waals surface area contributed by atoms with Crippen molar-refractivity contribution in [1.82, 2.24) is 9.97 Å². The zero-order chi connectivity index (χ0) is 20.6. The van der Waals surface area contributed by atoms with E-state index >= 15 is 0 Å². The summed E-state index contributed by atoms with van der Waals surface area (Å²) < 4.78 is 28.7. The van der Waals surface area contributed by atoms with Crippen LogP contribution >= 0.6 is 0 Å². The Kier molecular flexibility index (Phi) is 5.17. The Bertz CT molecular complexity index is 1120. The third-order valence-electron chi connectivity index (χ3n) is 5.28. The first-order chi connectivity index (χ1) is 13.8. The zero-order valence-corrected chi connectivity index (χ0v) is 17.8. The van der Waals surface area contributed by atoms with Gasteiger partial charge in [-0.1, -0.05) is 43.7 Å². The Labute approximate surface area is 172 Å². The second-order valence-corrected chi connectivity index (χ2v) is 9.84. The number of hydrogen-bond donors (Lipinski definition) is 1. The molecule has 6 nitrogen and oxygen atoms in total. The summed E-state index contributed by atoms with van der Waals surface area (Å²) in [5.74, 6) is 1.89. The molecule has 1 aliphatic rings. The zero-order valence-electron chi connectivity index (χ0n) is 17.0. The van der Waals surface area contributed by atoms with E-state index in [0.717, 1.165) is 30.6 Å². The molecule has 1 N–H and O–H groups in total. The highest BCUT2D eigenvalue weighted by Crippen LogP contribution is 2.32. The average molecular weight is 411 g/mol. The van der Waals surface area contributed by atoms with Crippen molar-refractivity contribution in [2.24, 2.45) is 11.8 Å². The third kappa shape index (κ3) is 4.19. The number of fused-ring (bicyclic) bond motifs is 1. The normalized spacial score (nSPS) is 20.0. The van der Waals surface area contributed by atoms with Crippen LogP contribution < -0.4 is 9.62 Å². The highest BCUT2D eigenvalue weighted by Gasteiger charge is 2.27. The molecule has 0 spiro atoms. The lowest BCUT2D eigenvalue weighted by Crippen LogP contribution is -2.39. The maximum absolute atomic E-state index is 13.0. The first-order valence-electron chi connectivity index (χ1n) is 9.93. The number of sulfonamides is 1. The minimum Gasteiger partial charge on any atom is -0.353 e. The van der Waals surface area contributed by atoms with Crippen molar-refractivity contribution >= 4 is 32.7 Å². The molecule has 1 fully saturated rings. The minimum atomic E-state index is -3.77. The molecule has 7 heteroatoms. The predicted octanol–water partition coefficient (Wildman–Crippen LogP) is 4.22. The van der Waals surface area contributed by atoms with Crippen molar-refractivity contribution < 1.29 is 8.42 Å². The van der Waals surface area contributed by atoms with E-state index in [-0.39, 0.29) is 10.7 Å². The van der Waals surface area contributed by atoms with Gasteiger partial charge in [0.05, 0.1) is 15.9 Å². The summed E-state index contributed by atoms with van der Waals surface area (Å²) in [5, 5.41) is 0. The highest BCUT2D eigenvalue weighted by molar-refractivity contribution is 7.92. The molecular weight excluding hydrogens is 384 g/mol. The van der Waals surface area contributed by atoms with Crippen molar-refractivity contribution in [3.63, 3.8) is 0 Å². The van der Waals surface area contributed by atoms with Gasteiger partial charge in [-0.25, -0.2) is 18.4 Å². The largest absolute Gasteiger partial charge is 0.353 e. The number of nitrogens with one attached hydrogen (secondary N) is 1. The lowest BCUT2D eigenvalue weighted by molar-refractivity contribution is 0.355. The molecule has 2 unspecified atom stereocenters. The second-order valence-electron chi connectivity index (χ2n) is 8.15. The molecule has 29 heavy (non-hydrogen) atoms. The number of anilines is 2. The second kappa shape index (κ2) is 7.63. The summed E-state index contributed by atoms with van der Waals surface area (Å²) in [6, 6.07) is 14.3.